The van der Waals surface area contributed by atoms with Crippen LogP contribution in [0.3, 0.4) is 0 Å². The van der Waals surface area contributed by atoms with Crippen molar-refractivity contribution >= 4 is 30.5 Å². The van der Waals surface area contributed by atoms with Gasteiger partial charge in [-0.1, -0.05) is 0 Å². The van der Waals surface area contributed by atoms with Crippen molar-refractivity contribution < 1.29 is 19.0 Å². The van der Waals surface area contributed by atoms with Crippen LogP contribution in [0.15, 0.2) is 73.0 Å². The molecule has 0 saturated carbocycles. The van der Waals surface area contributed by atoms with E-state index in [1.807, 2.05) is 36.4 Å². The number of carbonyl (C=O) groups is 1. The molecular weight excluding hydrogens is 444 g/mol. The van der Waals surface area contributed by atoms with Crippen LogP contribution in [0.1, 0.15) is 12.5 Å². The van der Waals surface area contributed by atoms with Crippen molar-refractivity contribution in [2.45, 2.75) is 24.1 Å². The van der Waals surface area contributed by atoms with Gasteiger partial charge in [-0.15, -0.1) is 0 Å². The molecule has 2 aromatic carbocycles. The van der Waals surface area contributed by atoms with E-state index in [9.17, 15) is 4.79 Å². The zero-order chi connectivity index (χ0) is 18.5. The zero-order valence-corrected chi connectivity index (χ0v) is 17.2. The number of benzene rings is 2. The van der Waals surface area contributed by atoms with Gasteiger partial charge >= 0.3 is 165 Å². The maximum atomic E-state index is 11.4. The standard InChI is InChI=1S/C21H24O4Te/c1-2-24-21(22)13-14-25-19(17-26-20-11-7-4-8-12-20)16-23-15-18-9-5-3-6-10-18/h3-14,19H,2,15-17H2,1H3/b14-13+. The third-order valence-corrected chi connectivity index (χ3v) is 6.62. The Morgan fingerprint density at radius 3 is 2.46 bits per heavy atom. The molecule has 0 aliphatic carbocycles. The van der Waals surface area contributed by atoms with Gasteiger partial charge in [0.15, 0.2) is 0 Å². The van der Waals surface area contributed by atoms with E-state index in [1.165, 1.54) is 15.9 Å². The Morgan fingerprint density at radius 1 is 1.08 bits per heavy atom. The Hall–Kier alpha value is -1.80. The van der Waals surface area contributed by atoms with Gasteiger partial charge in [0.2, 0.25) is 0 Å². The summed E-state index contributed by atoms with van der Waals surface area (Å²) >= 11 is -0.376. The van der Waals surface area contributed by atoms with Crippen molar-refractivity contribution in [1.29, 1.82) is 0 Å². The maximum absolute atomic E-state index is 11.4. The van der Waals surface area contributed by atoms with Crippen molar-refractivity contribution in [3.8, 4) is 0 Å². The van der Waals surface area contributed by atoms with Crippen LogP contribution in [0.25, 0.3) is 0 Å². The molecule has 1 unspecified atom stereocenters. The molecule has 4 nitrogen and oxygen atoms in total. The molecule has 1 atom stereocenters. The van der Waals surface area contributed by atoms with Gasteiger partial charge in [-0.05, 0) is 0 Å². The molecule has 0 aromatic heterocycles. The van der Waals surface area contributed by atoms with Gasteiger partial charge in [0.05, 0.1) is 0 Å². The number of ether oxygens (including phenoxy) is 3. The summed E-state index contributed by atoms with van der Waals surface area (Å²) in [6.07, 6.45) is 2.66. The number of hydrogen-bond donors (Lipinski definition) is 0. The molecule has 26 heavy (non-hydrogen) atoms. The summed E-state index contributed by atoms with van der Waals surface area (Å²) in [5.41, 5.74) is 1.13. The molecule has 0 radical (unpaired) electrons. The Morgan fingerprint density at radius 2 is 1.77 bits per heavy atom. The normalized spacial score (nSPS) is 12.0. The van der Waals surface area contributed by atoms with E-state index in [0.29, 0.717) is 19.8 Å². The van der Waals surface area contributed by atoms with E-state index < -0.39 is 5.97 Å². The van der Waals surface area contributed by atoms with Crippen LogP contribution in [0.2, 0.25) is 4.47 Å². The Bertz CT molecular complexity index is 658. The summed E-state index contributed by atoms with van der Waals surface area (Å²) in [4.78, 5) is 11.4. The molecular formula is C21H24O4Te. The molecule has 0 bridgehead atoms. The fourth-order valence-electron chi connectivity index (χ4n) is 2.11. The monoisotopic (exact) mass is 470 g/mol. The van der Waals surface area contributed by atoms with Gasteiger partial charge in [0.1, 0.15) is 0 Å². The number of esters is 1. The molecule has 0 amide bonds. The first-order valence-corrected chi connectivity index (χ1v) is 11.4. The Kier molecular flexibility index (Phi) is 9.89. The Balaban J connectivity index is 1.83. The van der Waals surface area contributed by atoms with E-state index >= 15 is 0 Å². The third-order valence-electron chi connectivity index (χ3n) is 3.36. The molecule has 0 fully saturated rings. The summed E-state index contributed by atoms with van der Waals surface area (Å²) in [5.74, 6) is -0.393. The summed E-state index contributed by atoms with van der Waals surface area (Å²) in [6.45, 7) is 3.17. The average molecular weight is 468 g/mol. The van der Waals surface area contributed by atoms with Crippen molar-refractivity contribution in [2.24, 2.45) is 0 Å². The van der Waals surface area contributed by atoms with E-state index in [1.54, 1.807) is 6.92 Å². The predicted octanol–water partition coefficient (Wildman–Crippen LogP) is 3.11. The molecule has 0 saturated heterocycles. The first kappa shape index (κ1) is 20.5. The third kappa shape index (κ3) is 8.53. The molecule has 0 heterocycles. The van der Waals surface area contributed by atoms with Crippen molar-refractivity contribution in [1.82, 2.24) is 0 Å². The quantitative estimate of drug-likeness (QED) is 0.220. The fourth-order valence-corrected chi connectivity index (χ4v) is 4.69. The molecule has 2 rings (SSSR count). The van der Waals surface area contributed by atoms with Crippen molar-refractivity contribution in [2.75, 3.05) is 13.2 Å². The summed E-state index contributed by atoms with van der Waals surface area (Å²) < 4.78 is 18.7. The number of carbonyl (C=O) groups excluding carboxylic acids is 1. The van der Waals surface area contributed by atoms with Gasteiger partial charge in [-0.2, -0.15) is 0 Å². The predicted molar refractivity (Wildman–Crippen MR) is 103 cm³/mol. The van der Waals surface area contributed by atoms with Crippen LogP contribution >= 0.6 is 0 Å². The second-order valence-electron chi connectivity index (χ2n) is 5.44. The second kappa shape index (κ2) is 12.5. The summed E-state index contributed by atoms with van der Waals surface area (Å²) in [7, 11) is 0. The van der Waals surface area contributed by atoms with Gasteiger partial charge in [0, 0.05) is 0 Å². The molecule has 0 spiro atoms. The van der Waals surface area contributed by atoms with Crippen LogP contribution in [0.5, 0.6) is 0 Å². The number of hydrogen-bond acceptors (Lipinski definition) is 4. The van der Waals surface area contributed by atoms with E-state index in [-0.39, 0.29) is 27.0 Å². The molecule has 0 N–H and O–H groups in total. The number of rotatable bonds is 11. The summed E-state index contributed by atoms with van der Waals surface area (Å²) in [6, 6.07) is 20.5. The van der Waals surface area contributed by atoms with Crippen molar-refractivity contribution in [3.63, 3.8) is 0 Å². The molecule has 2 aromatic rings. The van der Waals surface area contributed by atoms with Gasteiger partial charge in [-0.3, -0.25) is 0 Å². The van der Waals surface area contributed by atoms with Gasteiger partial charge in [-0.25, -0.2) is 0 Å². The minimum absolute atomic E-state index is 0.0769. The fraction of sp³-hybridized carbons (Fsp3) is 0.286. The van der Waals surface area contributed by atoms with E-state index in [2.05, 4.69) is 24.3 Å². The molecule has 5 heteroatoms. The zero-order valence-electron chi connectivity index (χ0n) is 14.9. The van der Waals surface area contributed by atoms with Gasteiger partial charge in [0.25, 0.3) is 0 Å². The van der Waals surface area contributed by atoms with Crippen LogP contribution in [0, 0.1) is 0 Å². The van der Waals surface area contributed by atoms with Gasteiger partial charge < -0.3 is 0 Å². The topological polar surface area (TPSA) is 44.8 Å². The first-order valence-electron chi connectivity index (χ1n) is 8.56. The molecule has 138 valence electrons. The average Bonchev–Trinajstić information content (AvgIpc) is 2.67. The minimum atomic E-state index is -0.393. The van der Waals surface area contributed by atoms with E-state index in [0.717, 1.165) is 10.0 Å². The molecule has 0 aliphatic heterocycles. The second-order valence-corrected chi connectivity index (χ2v) is 8.56. The summed E-state index contributed by atoms with van der Waals surface area (Å²) in [5, 5.41) is 0. The van der Waals surface area contributed by atoms with Crippen molar-refractivity contribution in [3.05, 3.63) is 78.6 Å². The van der Waals surface area contributed by atoms with Crippen LogP contribution in [0.4, 0.5) is 0 Å². The Labute approximate surface area is 165 Å². The van der Waals surface area contributed by atoms with Crippen LogP contribution in [-0.4, -0.2) is 46.2 Å². The first-order chi connectivity index (χ1) is 12.8. The molecule has 0 aliphatic rings. The van der Waals surface area contributed by atoms with E-state index in [4.69, 9.17) is 14.2 Å². The van der Waals surface area contributed by atoms with Crippen LogP contribution in [-0.2, 0) is 25.6 Å². The SMILES string of the molecule is CCOC(=O)/C=C/OC(COCc1ccccc1)C[Te]c1ccccc1. The van der Waals surface area contributed by atoms with Crippen LogP contribution < -0.4 is 3.61 Å².